The summed E-state index contributed by atoms with van der Waals surface area (Å²) in [5, 5.41) is 7.36. The molecule has 2 rings (SSSR count). The van der Waals surface area contributed by atoms with Gasteiger partial charge in [-0.05, 0) is 0 Å². The summed E-state index contributed by atoms with van der Waals surface area (Å²) in [6, 6.07) is 0. The zero-order valence-electron chi connectivity index (χ0n) is 10.4. The molecule has 0 bridgehead atoms. The third-order valence-corrected chi connectivity index (χ3v) is 3.22. The quantitative estimate of drug-likeness (QED) is 0.406. The van der Waals surface area contributed by atoms with Crippen molar-refractivity contribution in [3.05, 3.63) is 33.5 Å². The Balaban J connectivity index is 2.30. The molecule has 0 saturated carbocycles. The predicted octanol–water partition coefficient (Wildman–Crippen LogP) is -2.88. The van der Waals surface area contributed by atoms with Gasteiger partial charge in [-0.3, -0.25) is 4.57 Å². The van der Waals surface area contributed by atoms with Gasteiger partial charge in [0.2, 0.25) is 12.1 Å². The van der Waals surface area contributed by atoms with E-state index < -0.39 is 19.0 Å². The Morgan fingerprint density at radius 3 is 2.80 bits per heavy atom. The zero-order valence-corrected chi connectivity index (χ0v) is 11.3. The predicted molar refractivity (Wildman–Crippen MR) is 64.3 cm³/mol. The standard InChI is InChI=1S/C8H11N6O5P/c1-12-5-14(8(16)9-7(12)15)6-4-13(11-10-6)2-3-20(17,18)19/h4-5H,2-3H2,1H3,(H2-,9,15,16,17,18,19)/p+1. The second-order valence-electron chi connectivity index (χ2n) is 4.06. The Hall–Kier alpha value is -2.10. The molecule has 0 saturated heterocycles. The third-order valence-electron chi connectivity index (χ3n) is 2.44. The SMILES string of the molecule is C[n+]1cn(-c2cn(CCP(=O)(O)O)nn2)c(=O)[nH]c1=O. The molecule has 2 heterocycles. The van der Waals surface area contributed by atoms with E-state index in [1.807, 2.05) is 0 Å². The fourth-order valence-electron chi connectivity index (χ4n) is 1.42. The molecule has 0 amide bonds. The van der Waals surface area contributed by atoms with Gasteiger partial charge >= 0.3 is 19.0 Å². The molecule has 0 aromatic carbocycles. The minimum atomic E-state index is -4.13. The van der Waals surface area contributed by atoms with E-state index in [-0.39, 0.29) is 18.5 Å². The van der Waals surface area contributed by atoms with Gasteiger partial charge in [0, 0.05) is 0 Å². The number of rotatable bonds is 4. The van der Waals surface area contributed by atoms with E-state index in [9.17, 15) is 14.2 Å². The summed E-state index contributed by atoms with van der Waals surface area (Å²) < 4.78 is 14.2. The van der Waals surface area contributed by atoms with Gasteiger partial charge in [0.15, 0.2) is 0 Å². The van der Waals surface area contributed by atoms with Crippen molar-refractivity contribution in [3.8, 4) is 5.82 Å². The van der Waals surface area contributed by atoms with Crippen molar-refractivity contribution in [1.82, 2.24) is 24.5 Å². The molecule has 3 N–H and O–H groups in total. The first-order valence-electron chi connectivity index (χ1n) is 5.43. The molecule has 0 aliphatic rings. The van der Waals surface area contributed by atoms with Crippen molar-refractivity contribution in [1.29, 1.82) is 0 Å². The highest BCUT2D eigenvalue weighted by Crippen LogP contribution is 2.33. The van der Waals surface area contributed by atoms with Crippen molar-refractivity contribution >= 4 is 7.60 Å². The van der Waals surface area contributed by atoms with Crippen LogP contribution in [0.25, 0.3) is 5.82 Å². The highest BCUT2D eigenvalue weighted by molar-refractivity contribution is 7.51. The molecular formula is C8H12N6O5P+. The summed E-state index contributed by atoms with van der Waals surface area (Å²) in [5.74, 6) is 0.132. The molecule has 2 aromatic heterocycles. The lowest BCUT2D eigenvalue weighted by atomic mass is 10.6. The number of H-pyrrole nitrogens is 1. The van der Waals surface area contributed by atoms with Gasteiger partial charge in [0.05, 0.1) is 26.0 Å². The average Bonchev–Trinajstić information content (AvgIpc) is 2.79. The van der Waals surface area contributed by atoms with E-state index in [2.05, 4.69) is 15.3 Å². The van der Waals surface area contributed by atoms with Crippen molar-refractivity contribution in [2.45, 2.75) is 6.54 Å². The average molecular weight is 303 g/mol. The summed E-state index contributed by atoms with van der Waals surface area (Å²) in [4.78, 5) is 42.4. The van der Waals surface area contributed by atoms with Gasteiger partial charge in [-0.1, -0.05) is 10.3 Å². The fourth-order valence-corrected chi connectivity index (χ4v) is 1.89. The molecule has 0 unspecified atom stereocenters. The van der Waals surface area contributed by atoms with Gasteiger partial charge < -0.3 is 9.79 Å². The Morgan fingerprint density at radius 1 is 1.45 bits per heavy atom. The van der Waals surface area contributed by atoms with Crippen molar-refractivity contribution in [2.24, 2.45) is 7.05 Å². The molecule has 0 aliphatic heterocycles. The van der Waals surface area contributed by atoms with Gasteiger partial charge in [-0.15, -0.1) is 4.57 Å². The monoisotopic (exact) mass is 303 g/mol. The van der Waals surface area contributed by atoms with E-state index in [4.69, 9.17) is 9.79 Å². The van der Waals surface area contributed by atoms with E-state index in [1.165, 1.54) is 24.3 Å². The minimum Gasteiger partial charge on any atom is -0.324 e. The van der Waals surface area contributed by atoms with Crippen molar-refractivity contribution in [2.75, 3.05) is 6.16 Å². The van der Waals surface area contributed by atoms with Crippen LogP contribution in [0.3, 0.4) is 0 Å². The Kier molecular flexibility index (Phi) is 3.66. The van der Waals surface area contributed by atoms with Crippen LogP contribution in [0, 0.1) is 0 Å². The van der Waals surface area contributed by atoms with E-state index in [1.54, 1.807) is 0 Å². The lowest BCUT2D eigenvalue weighted by molar-refractivity contribution is -0.693. The molecule has 0 spiro atoms. The number of hydrogen-bond acceptors (Lipinski definition) is 5. The van der Waals surface area contributed by atoms with E-state index in [0.717, 1.165) is 9.13 Å². The Labute approximate surface area is 111 Å². The normalized spacial score (nSPS) is 11.8. The van der Waals surface area contributed by atoms with Crippen LogP contribution in [0.1, 0.15) is 0 Å². The molecule has 108 valence electrons. The number of aromatic amines is 1. The largest absolute Gasteiger partial charge is 0.452 e. The number of nitrogens with zero attached hydrogens (tertiary/aromatic N) is 5. The molecule has 20 heavy (non-hydrogen) atoms. The number of aryl methyl sites for hydroxylation is 2. The fraction of sp³-hybridized carbons (Fsp3) is 0.375. The highest BCUT2D eigenvalue weighted by atomic mass is 31.2. The van der Waals surface area contributed by atoms with Crippen molar-refractivity contribution < 1.29 is 18.9 Å². The lowest BCUT2D eigenvalue weighted by Gasteiger charge is -2.01. The van der Waals surface area contributed by atoms with Crippen LogP contribution in [0.2, 0.25) is 0 Å². The van der Waals surface area contributed by atoms with Crippen LogP contribution in [-0.4, -0.2) is 40.5 Å². The second kappa shape index (κ2) is 5.12. The minimum absolute atomic E-state index is 0.0402. The molecule has 0 aliphatic carbocycles. The molecular weight excluding hydrogens is 291 g/mol. The summed E-state index contributed by atoms with van der Waals surface area (Å²) in [7, 11) is -2.68. The topological polar surface area (TPSA) is 147 Å². The van der Waals surface area contributed by atoms with Crippen LogP contribution in [0.15, 0.2) is 22.1 Å². The second-order valence-corrected chi connectivity index (χ2v) is 5.84. The van der Waals surface area contributed by atoms with Gasteiger partial charge in [-0.25, -0.2) is 18.8 Å². The molecule has 2 aromatic rings. The summed E-state index contributed by atoms with van der Waals surface area (Å²) in [6.45, 7) is -0.0402. The number of nitrogens with one attached hydrogen (secondary N) is 1. The van der Waals surface area contributed by atoms with E-state index in [0.29, 0.717) is 0 Å². The summed E-state index contributed by atoms with van der Waals surface area (Å²) in [5.41, 5.74) is -1.25. The first-order valence-corrected chi connectivity index (χ1v) is 7.23. The maximum atomic E-state index is 11.6. The van der Waals surface area contributed by atoms with Gasteiger partial charge in [0.25, 0.3) is 0 Å². The molecule has 0 radical (unpaired) electrons. The third kappa shape index (κ3) is 3.26. The maximum absolute atomic E-state index is 11.6. The van der Waals surface area contributed by atoms with Crippen LogP contribution >= 0.6 is 7.60 Å². The maximum Gasteiger partial charge on any atom is 0.452 e. The lowest BCUT2D eigenvalue weighted by Crippen LogP contribution is -2.53. The first-order chi connectivity index (χ1) is 9.26. The summed E-state index contributed by atoms with van der Waals surface area (Å²) in [6.07, 6.45) is 2.19. The summed E-state index contributed by atoms with van der Waals surface area (Å²) >= 11 is 0. The van der Waals surface area contributed by atoms with Crippen LogP contribution in [-0.2, 0) is 18.2 Å². The molecule has 0 atom stereocenters. The highest BCUT2D eigenvalue weighted by Gasteiger charge is 2.16. The number of hydrogen-bond donors (Lipinski definition) is 3. The Morgan fingerprint density at radius 2 is 2.15 bits per heavy atom. The van der Waals surface area contributed by atoms with Gasteiger partial charge in [0.1, 0.15) is 0 Å². The molecule has 11 nitrogen and oxygen atoms in total. The van der Waals surface area contributed by atoms with Crippen molar-refractivity contribution in [3.63, 3.8) is 0 Å². The van der Waals surface area contributed by atoms with Crippen LogP contribution < -0.4 is 15.9 Å². The van der Waals surface area contributed by atoms with E-state index >= 15 is 0 Å². The zero-order chi connectivity index (χ0) is 14.9. The smallest absolute Gasteiger partial charge is 0.324 e. The Bertz CT molecular complexity index is 785. The van der Waals surface area contributed by atoms with Gasteiger partial charge in [-0.2, -0.15) is 4.98 Å². The first kappa shape index (κ1) is 14.3. The van der Waals surface area contributed by atoms with Crippen LogP contribution in [0.4, 0.5) is 0 Å². The van der Waals surface area contributed by atoms with Crippen LogP contribution in [0.5, 0.6) is 0 Å². The molecule has 12 heteroatoms. The molecule has 0 fully saturated rings. The number of aromatic nitrogens is 6.